The quantitative estimate of drug-likeness (QED) is 0.797. The van der Waals surface area contributed by atoms with Crippen molar-refractivity contribution in [3.05, 3.63) is 34.9 Å². The van der Waals surface area contributed by atoms with Crippen molar-refractivity contribution >= 4 is 5.97 Å². The minimum Gasteiger partial charge on any atom is -0.478 e. The van der Waals surface area contributed by atoms with E-state index in [2.05, 4.69) is 11.8 Å². The van der Waals surface area contributed by atoms with Crippen LogP contribution < -0.4 is 5.73 Å². The molecule has 3 nitrogen and oxygen atoms in total. The van der Waals surface area contributed by atoms with Crippen LogP contribution in [0.3, 0.4) is 0 Å². The Balaban J connectivity index is 3.23. The third-order valence-corrected chi connectivity index (χ3v) is 2.07. The largest absolute Gasteiger partial charge is 0.478 e. The van der Waals surface area contributed by atoms with Crippen LogP contribution in [0.4, 0.5) is 13.2 Å². The summed E-state index contributed by atoms with van der Waals surface area (Å²) >= 11 is 0. The molecule has 0 aliphatic heterocycles. The zero-order chi connectivity index (χ0) is 13.8. The molecule has 0 aliphatic rings. The van der Waals surface area contributed by atoms with E-state index in [1.807, 2.05) is 0 Å². The van der Waals surface area contributed by atoms with Gasteiger partial charge in [-0.15, -0.1) is 0 Å². The lowest BCUT2D eigenvalue weighted by molar-refractivity contribution is -0.137. The van der Waals surface area contributed by atoms with Gasteiger partial charge in [0.2, 0.25) is 0 Å². The molecule has 0 aliphatic carbocycles. The molecule has 0 unspecified atom stereocenters. The molecular formula is C12H10F3NO2. The second-order valence-corrected chi connectivity index (χ2v) is 3.40. The van der Waals surface area contributed by atoms with Gasteiger partial charge in [-0.1, -0.05) is 11.8 Å². The molecule has 0 atom stereocenters. The van der Waals surface area contributed by atoms with E-state index in [4.69, 9.17) is 10.8 Å². The van der Waals surface area contributed by atoms with E-state index in [0.717, 1.165) is 12.1 Å². The number of hydrogen-bond donors (Lipinski definition) is 2. The lowest BCUT2D eigenvalue weighted by Gasteiger charge is -2.08. The molecule has 1 aromatic carbocycles. The first-order valence-corrected chi connectivity index (χ1v) is 4.99. The summed E-state index contributed by atoms with van der Waals surface area (Å²) in [7, 11) is 0. The van der Waals surface area contributed by atoms with Crippen LogP contribution in [0.2, 0.25) is 0 Å². The topological polar surface area (TPSA) is 63.3 Å². The maximum Gasteiger partial charge on any atom is 0.416 e. The molecule has 0 saturated heterocycles. The van der Waals surface area contributed by atoms with Crippen LogP contribution in [-0.2, 0) is 6.18 Å². The van der Waals surface area contributed by atoms with E-state index in [1.54, 1.807) is 0 Å². The fourth-order valence-corrected chi connectivity index (χ4v) is 1.24. The number of halogens is 3. The van der Waals surface area contributed by atoms with Gasteiger partial charge in [-0.3, -0.25) is 0 Å². The van der Waals surface area contributed by atoms with Crippen molar-refractivity contribution in [2.45, 2.75) is 12.6 Å². The number of benzene rings is 1. The molecule has 0 bridgehead atoms. The smallest absolute Gasteiger partial charge is 0.416 e. The molecule has 18 heavy (non-hydrogen) atoms. The number of alkyl halides is 3. The lowest BCUT2D eigenvalue weighted by atomic mass is 10.0. The monoisotopic (exact) mass is 257 g/mol. The van der Waals surface area contributed by atoms with Crippen molar-refractivity contribution in [1.29, 1.82) is 0 Å². The Bertz CT molecular complexity index is 512. The Kier molecular flexibility index (Phi) is 4.34. The molecule has 3 N–H and O–H groups in total. The van der Waals surface area contributed by atoms with Crippen LogP contribution in [-0.4, -0.2) is 17.6 Å². The minimum absolute atomic E-state index is 0.0453. The van der Waals surface area contributed by atoms with Crippen LogP contribution >= 0.6 is 0 Å². The SMILES string of the molecule is NCCC#Cc1ccc(C(F)(F)F)cc1C(=O)O. The van der Waals surface area contributed by atoms with Crippen molar-refractivity contribution in [1.82, 2.24) is 0 Å². The van der Waals surface area contributed by atoms with Crippen LogP contribution in [0.15, 0.2) is 18.2 Å². The number of carbonyl (C=O) groups is 1. The van der Waals surface area contributed by atoms with Gasteiger partial charge in [-0.2, -0.15) is 13.2 Å². The zero-order valence-electron chi connectivity index (χ0n) is 9.21. The molecule has 0 amide bonds. The van der Waals surface area contributed by atoms with E-state index < -0.39 is 23.3 Å². The Hall–Kier alpha value is -2.00. The molecule has 0 radical (unpaired) electrons. The third kappa shape index (κ3) is 3.50. The summed E-state index contributed by atoms with van der Waals surface area (Å²) < 4.78 is 37.3. The van der Waals surface area contributed by atoms with Crippen LogP contribution in [0.5, 0.6) is 0 Å². The zero-order valence-corrected chi connectivity index (χ0v) is 9.21. The molecule has 0 saturated carbocycles. The average molecular weight is 257 g/mol. The summed E-state index contributed by atoms with van der Waals surface area (Å²) in [5.74, 6) is 3.64. The molecule has 1 aromatic rings. The van der Waals surface area contributed by atoms with Gasteiger partial charge in [0, 0.05) is 18.5 Å². The molecular weight excluding hydrogens is 247 g/mol. The fraction of sp³-hybridized carbons (Fsp3) is 0.250. The van der Waals surface area contributed by atoms with E-state index in [1.165, 1.54) is 0 Å². The lowest BCUT2D eigenvalue weighted by Crippen LogP contribution is -2.09. The van der Waals surface area contributed by atoms with Gasteiger partial charge < -0.3 is 10.8 Å². The predicted octanol–water partition coefficient (Wildman–Crippen LogP) is 2.10. The third-order valence-electron chi connectivity index (χ3n) is 2.07. The Morgan fingerprint density at radius 1 is 1.39 bits per heavy atom. The van der Waals surface area contributed by atoms with Crippen molar-refractivity contribution in [3.8, 4) is 11.8 Å². The Labute approximate surface area is 101 Å². The van der Waals surface area contributed by atoms with E-state index in [9.17, 15) is 18.0 Å². The number of carboxylic acids is 1. The molecule has 6 heteroatoms. The highest BCUT2D eigenvalue weighted by Crippen LogP contribution is 2.30. The minimum atomic E-state index is -4.58. The Morgan fingerprint density at radius 2 is 2.06 bits per heavy atom. The standard InChI is InChI=1S/C12H10F3NO2/c13-12(14,15)9-5-4-8(3-1-2-6-16)10(7-9)11(17)18/h4-5,7H,2,6,16H2,(H,17,18). The molecule has 96 valence electrons. The summed E-state index contributed by atoms with van der Waals surface area (Å²) in [5, 5.41) is 8.85. The number of rotatable bonds is 2. The van der Waals surface area contributed by atoms with Crippen LogP contribution in [0, 0.1) is 11.8 Å². The summed E-state index contributed by atoms with van der Waals surface area (Å²) in [6, 6.07) is 2.43. The summed E-state index contributed by atoms with van der Waals surface area (Å²) in [6.07, 6.45) is -4.23. The van der Waals surface area contributed by atoms with Crippen LogP contribution in [0.1, 0.15) is 27.9 Å². The van der Waals surface area contributed by atoms with Crippen molar-refractivity contribution in [2.75, 3.05) is 6.54 Å². The van der Waals surface area contributed by atoms with Gasteiger partial charge in [0.1, 0.15) is 0 Å². The second-order valence-electron chi connectivity index (χ2n) is 3.40. The van der Waals surface area contributed by atoms with Gasteiger partial charge in [-0.05, 0) is 18.2 Å². The molecule has 0 aromatic heterocycles. The maximum atomic E-state index is 12.4. The van der Waals surface area contributed by atoms with Crippen molar-refractivity contribution < 1.29 is 23.1 Å². The first kappa shape index (κ1) is 14.1. The highest BCUT2D eigenvalue weighted by atomic mass is 19.4. The summed E-state index contributed by atoms with van der Waals surface area (Å²) in [4.78, 5) is 10.9. The van der Waals surface area contributed by atoms with E-state index in [0.29, 0.717) is 19.0 Å². The van der Waals surface area contributed by atoms with E-state index in [-0.39, 0.29) is 5.56 Å². The van der Waals surface area contributed by atoms with Gasteiger partial charge in [0.25, 0.3) is 0 Å². The molecule has 0 spiro atoms. The van der Waals surface area contributed by atoms with E-state index >= 15 is 0 Å². The summed E-state index contributed by atoms with van der Waals surface area (Å²) in [6.45, 7) is 0.302. The van der Waals surface area contributed by atoms with Crippen LogP contribution in [0.25, 0.3) is 0 Å². The van der Waals surface area contributed by atoms with Gasteiger partial charge >= 0.3 is 12.1 Å². The molecule has 0 fully saturated rings. The first-order chi connectivity index (χ1) is 8.36. The highest BCUT2D eigenvalue weighted by Gasteiger charge is 2.31. The summed E-state index contributed by atoms with van der Waals surface area (Å²) in [5.41, 5.74) is 3.78. The Morgan fingerprint density at radius 3 is 2.56 bits per heavy atom. The van der Waals surface area contributed by atoms with Crippen molar-refractivity contribution in [3.63, 3.8) is 0 Å². The highest BCUT2D eigenvalue weighted by molar-refractivity contribution is 5.91. The predicted molar refractivity (Wildman–Crippen MR) is 59.0 cm³/mol. The van der Waals surface area contributed by atoms with Gasteiger partial charge in [-0.25, -0.2) is 4.79 Å². The fourth-order valence-electron chi connectivity index (χ4n) is 1.24. The molecule has 0 heterocycles. The molecule has 1 rings (SSSR count). The number of aromatic carboxylic acids is 1. The van der Waals surface area contributed by atoms with Gasteiger partial charge in [0.15, 0.2) is 0 Å². The van der Waals surface area contributed by atoms with Gasteiger partial charge in [0.05, 0.1) is 11.1 Å². The normalized spacial score (nSPS) is 10.7. The average Bonchev–Trinajstić information content (AvgIpc) is 2.28. The maximum absolute atomic E-state index is 12.4. The van der Waals surface area contributed by atoms with Crippen molar-refractivity contribution in [2.24, 2.45) is 5.73 Å². The number of carboxylic acid groups (broad SMARTS) is 1. The number of nitrogens with two attached hydrogens (primary N) is 1. The number of hydrogen-bond acceptors (Lipinski definition) is 2. The first-order valence-electron chi connectivity index (χ1n) is 4.99. The second kappa shape index (κ2) is 5.56.